The fourth-order valence-corrected chi connectivity index (χ4v) is 6.62. The summed E-state index contributed by atoms with van der Waals surface area (Å²) in [6.45, 7) is 2.42. The van der Waals surface area contributed by atoms with Crippen LogP contribution < -0.4 is 4.74 Å². The third kappa shape index (κ3) is 2.41. The van der Waals surface area contributed by atoms with Crippen LogP contribution in [-0.2, 0) is 0 Å². The first-order valence-corrected chi connectivity index (χ1v) is 10.7. The number of para-hydroxylation sites is 2. The van der Waals surface area contributed by atoms with Gasteiger partial charge in [0.25, 0.3) is 0 Å². The Bertz CT molecular complexity index is 1000. The highest BCUT2D eigenvalue weighted by Crippen LogP contribution is 2.64. The minimum Gasteiger partial charge on any atom is -0.487 e. The number of aromatic nitrogens is 2. The summed E-state index contributed by atoms with van der Waals surface area (Å²) < 4.78 is 6.74. The average Bonchev–Trinajstić information content (AvgIpc) is 2.71. The summed E-state index contributed by atoms with van der Waals surface area (Å²) in [7, 11) is 0. The van der Waals surface area contributed by atoms with Crippen LogP contribution in [0.15, 0.2) is 60.8 Å². The standard InChI is InChI=1S/C25H26N2O/c1-16-18-11-19-13-25(16,28-21-8-3-2-4-9-21)14-20(12-18)23(19)24-26-15-17-7-5-6-10-22(17)27-24/h2-10,15-16,18-20,23H,11-14H2,1H3. The van der Waals surface area contributed by atoms with Crippen LogP contribution >= 0.6 is 0 Å². The number of rotatable bonds is 3. The van der Waals surface area contributed by atoms with E-state index in [4.69, 9.17) is 14.7 Å². The molecule has 0 spiro atoms. The van der Waals surface area contributed by atoms with E-state index < -0.39 is 0 Å². The molecule has 28 heavy (non-hydrogen) atoms. The van der Waals surface area contributed by atoms with Crippen molar-refractivity contribution in [3.8, 4) is 5.75 Å². The Kier molecular flexibility index (Phi) is 3.56. The van der Waals surface area contributed by atoms with Crippen LogP contribution in [0.5, 0.6) is 5.75 Å². The summed E-state index contributed by atoms with van der Waals surface area (Å²) in [5.74, 6) is 5.25. The molecule has 1 heterocycles. The van der Waals surface area contributed by atoms with Gasteiger partial charge in [-0.1, -0.05) is 43.3 Å². The van der Waals surface area contributed by atoms with Crippen LogP contribution in [0.3, 0.4) is 0 Å². The summed E-state index contributed by atoms with van der Waals surface area (Å²) in [5, 5.41) is 1.13. The predicted octanol–water partition coefficient (Wildman–Crippen LogP) is 5.62. The van der Waals surface area contributed by atoms with Crippen molar-refractivity contribution in [2.24, 2.45) is 23.7 Å². The third-order valence-corrected chi connectivity index (χ3v) is 7.85. The number of hydrogen-bond acceptors (Lipinski definition) is 3. The van der Waals surface area contributed by atoms with Crippen molar-refractivity contribution in [2.75, 3.05) is 0 Å². The monoisotopic (exact) mass is 370 g/mol. The smallest absolute Gasteiger partial charge is 0.132 e. The lowest BCUT2D eigenvalue weighted by Gasteiger charge is -2.62. The van der Waals surface area contributed by atoms with Crippen molar-refractivity contribution in [1.82, 2.24) is 9.97 Å². The summed E-state index contributed by atoms with van der Waals surface area (Å²) in [5.41, 5.74) is 1.07. The van der Waals surface area contributed by atoms with Crippen molar-refractivity contribution < 1.29 is 4.74 Å². The summed E-state index contributed by atoms with van der Waals surface area (Å²) in [6, 6.07) is 18.8. The first kappa shape index (κ1) is 16.5. The molecule has 3 unspecified atom stereocenters. The Hall–Kier alpha value is -2.42. The highest BCUT2D eigenvalue weighted by Gasteiger charge is 2.61. The van der Waals surface area contributed by atoms with Crippen LogP contribution in [0.4, 0.5) is 0 Å². The summed E-state index contributed by atoms with van der Waals surface area (Å²) in [4.78, 5) is 9.82. The van der Waals surface area contributed by atoms with Gasteiger partial charge in [-0.05, 0) is 67.6 Å². The molecule has 0 N–H and O–H groups in total. The topological polar surface area (TPSA) is 35.0 Å². The molecule has 0 saturated heterocycles. The summed E-state index contributed by atoms with van der Waals surface area (Å²) >= 11 is 0. The van der Waals surface area contributed by atoms with Gasteiger partial charge in [-0.2, -0.15) is 0 Å². The van der Waals surface area contributed by atoms with E-state index in [1.807, 2.05) is 6.20 Å². The molecule has 4 bridgehead atoms. The van der Waals surface area contributed by atoms with Crippen molar-refractivity contribution in [2.45, 2.75) is 44.1 Å². The molecule has 4 saturated carbocycles. The van der Waals surface area contributed by atoms with E-state index in [2.05, 4.69) is 61.5 Å². The minimum atomic E-state index is -0.00873. The molecule has 4 aliphatic rings. The molecule has 2 aromatic carbocycles. The fraction of sp³-hybridized carbons (Fsp3) is 0.440. The van der Waals surface area contributed by atoms with Gasteiger partial charge in [-0.3, -0.25) is 0 Å². The molecule has 4 fully saturated rings. The zero-order valence-electron chi connectivity index (χ0n) is 16.3. The van der Waals surface area contributed by atoms with Gasteiger partial charge in [0.1, 0.15) is 17.2 Å². The SMILES string of the molecule is CC1C2CC3CC1(Oc1ccccc1)CC(C2)C3c1ncc2ccccc2n1. The molecule has 3 nitrogen and oxygen atoms in total. The second-order valence-corrected chi connectivity index (χ2v) is 9.24. The van der Waals surface area contributed by atoms with Crippen LogP contribution in [0.25, 0.3) is 10.9 Å². The van der Waals surface area contributed by atoms with Crippen LogP contribution in [0.2, 0.25) is 0 Å². The number of hydrogen-bond donors (Lipinski definition) is 0. The highest BCUT2D eigenvalue weighted by atomic mass is 16.5. The van der Waals surface area contributed by atoms with E-state index in [1.165, 1.54) is 12.8 Å². The molecule has 3 atom stereocenters. The second kappa shape index (κ2) is 6.04. The molecule has 3 aromatic rings. The molecule has 0 radical (unpaired) electrons. The molecular formula is C25H26N2O. The molecular weight excluding hydrogens is 344 g/mol. The minimum absolute atomic E-state index is 0.00873. The van der Waals surface area contributed by atoms with Crippen molar-refractivity contribution in [1.29, 1.82) is 0 Å². The lowest BCUT2D eigenvalue weighted by molar-refractivity contribution is -0.159. The zero-order chi connectivity index (χ0) is 18.7. The first-order valence-electron chi connectivity index (χ1n) is 10.7. The third-order valence-electron chi connectivity index (χ3n) is 7.85. The van der Waals surface area contributed by atoms with E-state index in [0.29, 0.717) is 23.7 Å². The summed E-state index contributed by atoms with van der Waals surface area (Å²) in [6.07, 6.45) is 6.90. The fourth-order valence-electron chi connectivity index (χ4n) is 6.62. The van der Waals surface area contributed by atoms with E-state index in [9.17, 15) is 0 Å². The number of nitrogens with zero attached hydrogens (tertiary/aromatic N) is 2. The molecule has 142 valence electrons. The van der Waals surface area contributed by atoms with Gasteiger partial charge in [-0.25, -0.2) is 9.97 Å². The molecule has 3 heteroatoms. The highest BCUT2D eigenvalue weighted by molar-refractivity contribution is 5.77. The van der Waals surface area contributed by atoms with E-state index >= 15 is 0 Å². The first-order chi connectivity index (χ1) is 13.7. The van der Waals surface area contributed by atoms with Gasteiger partial charge in [0.05, 0.1) is 5.52 Å². The zero-order valence-corrected chi connectivity index (χ0v) is 16.3. The van der Waals surface area contributed by atoms with Gasteiger partial charge < -0.3 is 4.74 Å². The van der Waals surface area contributed by atoms with E-state index in [0.717, 1.165) is 41.2 Å². The molecule has 1 aromatic heterocycles. The maximum Gasteiger partial charge on any atom is 0.132 e. The maximum absolute atomic E-state index is 6.74. The average molecular weight is 370 g/mol. The lowest BCUT2D eigenvalue weighted by atomic mass is 9.46. The lowest BCUT2D eigenvalue weighted by Crippen LogP contribution is -2.61. The Morgan fingerprint density at radius 1 is 0.893 bits per heavy atom. The van der Waals surface area contributed by atoms with Crippen molar-refractivity contribution in [3.05, 3.63) is 66.6 Å². The van der Waals surface area contributed by atoms with Gasteiger partial charge in [0.2, 0.25) is 0 Å². The predicted molar refractivity (Wildman–Crippen MR) is 110 cm³/mol. The quantitative estimate of drug-likeness (QED) is 0.600. The van der Waals surface area contributed by atoms with E-state index in [1.54, 1.807) is 0 Å². The van der Waals surface area contributed by atoms with Gasteiger partial charge >= 0.3 is 0 Å². The van der Waals surface area contributed by atoms with Crippen LogP contribution in [-0.4, -0.2) is 15.6 Å². The Morgan fingerprint density at radius 2 is 1.61 bits per heavy atom. The van der Waals surface area contributed by atoms with Gasteiger partial charge in [0, 0.05) is 17.5 Å². The van der Waals surface area contributed by atoms with E-state index in [-0.39, 0.29) is 5.60 Å². The Balaban J connectivity index is 1.35. The number of ether oxygens (including phenoxy) is 1. The van der Waals surface area contributed by atoms with Gasteiger partial charge in [0.15, 0.2) is 0 Å². The molecule has 7 rings (SSSR count). The number of fused-ring (bicyclic) bond motifs is 1. The normalized spacial score (nSPS) is 36.0. The van der Waals surface area contributed by atoms with Crippen LogP contribution in [0, 0.1) is 23.7 Å². The molecule has 0 aliphatic heterocycles. The van der Waals surface area contributed by atoms with Crippen LogP contribution in [0.1, 0.15) is 44.3 Å². The Labute approximate surface area is 166 Å². The number of benzene rings is 2. The van der Waals surface area contributed by atoms with Crippen molar-refractivity contribution in [3.63, 3.8) is 0 Å². The second-order valence-electron chi connectivity index (χ2n) is 9.24. The molecule has 0 amide bonds. The van der Waals surface area contributed by atoms with Crippen molar-refractivity contribution >= 4 is 10.9 Å². The molecule has 4 aliphatic carbocycles. The maximum atomic E-state index is 6.74. The van der Waals surface area contributed by atoms with Gasteiger partial charge in [-0.15, -0.1) is 0 Å². The largest absolute Gasteiger partial charge is 0.487 e. The Morgan fingerprint density at radius 3 is 2.39 bits per heavy atom.